The van der Waals surface area contributed by atoms with Crippen LogP contribution in [0, 0.1) is 10.1 Å². The van der Waals surface area contributed by atoms with E-state index in [4.69, 9.17) is 9.47 Å². The average Bonchev–Trinajstić information content (AvgIpc) is 2.41. The van der Waals surface area contributed by atoms with Gasteiger partial charge in [0.2, 0.25) is 0 Å². The zero-order chi connectivity index (χ0) is 14.7. The van der Waals surface area contributed by atoms with Gasteiger partial charge in [0, 0.05) is 12.1 Å². The highest BCUT2D eigenvalue weighted by molar-refractivity contribution is 6.01. The summed E-state index contributed by atoms with van der Waals surface area (Å²) in [7, 11) is 0. The maximum Gasteiger partial charge on any atom is 0.326 e. The van der Waals surface area contributed by atoms with Crippen LogP contribution in [-0.2, 0) is 14.3 Å². The van der Waals surface area contributed by atoms with E-state index in [-0.39, 0.29) is 31.1 Å². The molecule has 106 valence electrons. The smallest absolute Gasteiger partial charge is 0.326 e. The molecular formula is C12H12N2O6. The molecule has 1 amide bonds. The minimum Gasteiger partial charge on any atom is -0.482 e. The highest BCUT2D eigenvalue weighted by Crippen LogP contribution is 2.35. The van der Waals surface area contributed by atoms with Gasteiger partial charge in [-0.1, -0.05) is 0 Å². The molecule has 0 saturated heterocycles. The number of hydrogen-bond acceptors (Lipinski definition) is 6. The number of hydrogen-bond donors (Lipinski definition) is 0. The first kappa shape index (κ1) is 13.8. The average molecular weight is 280 g/mol. The van der Waals surface area contributed by atoms with Crippen LogP contribution in [0.3, 0.4) is 0 Å². The monoisotopic (exact) mass is 280 g/mol. The maximum atomic E-state index is 11.8. The zero-order valence-electron chi connectivity index (χ0n) is 10.7. The molecule has 0 unspecified atom stereocenters. The van der Waals surface area contributed by atoms with Crippen molar-refractivity contribution in [2.75, 3.05) is 24.7 Å². The summed E-state index contributed by atoms with van der Waals surface area (Å²) in [6.07, 6.45) is 0. The lowest BCUT2D eigenvalue weighted by atomic mass is 10.2. The third kappa shape index (κ3) is 2.68. The van der Waals surface area contributed by atoms with Crippen molar-refractivity contribution in [3.05, 3.63) is 28.3 Å². The van der Waals surface area contributed by atoms with Crippen LogP contribution in [0.25, 0.3) is 0 Å². The van der Waals surface area contributed by atoms with Gasteiger partial charge in [0.1, 0.15) is 12.3 Å². The Bertz CT molecular complexity index is 571. The molecule has 0 bridgehead atoms. The van der Waals surface area contributed by atoms with Crippen LogP contribution in [-0.4, -0.2) is 36.6 Å². The Morgan fingerprint density at radius 2 is 2.30 bits per heavy atom. The van der Waals surface area contributed by atoms with Gasteiger partial charge < -0.3 is 9.47 Å². The normalized spacial score (nSPS) is 13.4. The molecule has 1 aliphatic heterocycles. The van der Waals surface area contributed by atoms with Crippen molar-refractivity contribution in [1.82, 2.24) is 0 Å². The molecule has 8 heteroatoms. The zero-order valence-corrected chi connectivity index (χ0v) is 10.7. The molecule has 8 nitrogen and oxygen atoms in total. The number of nitro benzene ring substituents is 1. The number of rotatable bonds is 4. The number of non-ortho nitro benzene ring substituents is 1. The molecule has 0 aromatic heterocycles. The first-order chi connectivity index (χ1) is 9.52. The molecule has 2 rings (SSSR count). The topological polar surface area (TPSA) is 99.0 Å². The van der Waals surface area contributed by atoms with E-state index < -0.39 is 16.8 Å². The number of esters is 1. The van der Waals surface area contributed by atoms with Gasteiger partial charge in [0.25, 0.3) is 11.6 Å². The Morgan fingerprint density at radius 1 is 1.55 bits per heavy atom. The fourth-order valence-corrected chi connectivity index (χ4v) is 1.81. The fraction of sp³-hybridized carbons (Fsp3) is 0.333. The number of carbonyl (C=O) groups excluding carboxylic acids is 2. The molecule has 1 aromatic carbocycles. The van der Waals surface area contributed by atoms with E-state index in [1.54, 1.807) is 6.92 Å². The number of amides is 1. The first-order valence-electron chi connectivity index (χ1n) is 5.90. The molecule has 0 spiro atoms. The second-order valence-electron chi connectivity index (χ2n) is 3.98. The summed E-state index contributed by atoms with van der Waals surface area (Å²) in [5.74, 6) is -0.717. The van der Waals surface area contributed by atoms with Gasteiger partial charge in [-0.05, 0) is 13.0 Å². The van der Waals surface area contributed by atoms with Crippen LogP contribution in [0.15, 0.2) is 18.2 Å². The molecule has 1 heterocycles. The summed E-state index contributed by atoms with van der Waals surface area (Å²) in [5, 5.41) is 10.8. The van der Waals surface area contributed by atoms with Gasteiger partial charge in [0.15, 0.2) is 6.61 Å². The Labute approximate surface area is 114 Å². The van der Waals surface area contributed by atoms with Gasteiger partial charge in [-0.15, -0.1) is 0 Å². The number of ether oxygens (including phenoxy) is 2. The fourth-order valence-electron chi connectivity index (χ4n) is 1.81. The molecular weight excluding hydrogens is 268 g/mol. The van der Waals surface area contributed by atoms with E-state index in [0.717, 1.165) is 4.90 Å². The summed E-state index contributed by atoms with van der Waals surface area (Å²) in [6, 6.07) is 3.88. The Kier molecular flexibility index (Phi) is 3.83. The molecule has 1 aromatic rings. The third-order valence-electron chi connectivity index (χ3n) is 2.69. The van der Waals surface area contributed by atoms with Crippen molar-refractivity contribution in [1.29, 1.82) is 0 Å². The largest absolute Gasteiger partial charge is 0.482 e. The molecule has 0 fully saturated rings. The van der Waals surface area contributed by atoms with E-state index in [1.807, 2.05) is 0 Å². The summed E-state index contributed by atoms with van der Waals surface area (Å²) >= 11 is 0. The van der Waals surface area contributed by atoms with Crippen LogP contribution in [0.4, 0.5) is 11.4 Å². The minimum absolute atomic E-state index is 0.184. The van der Waals surface area contributed by atoms with Crippen LogP contribution in [0.5, 0.6) is 5.75 Å². The number of fused-ring (bicyclic) bond motifs is 1. The molecule has 1 aliphatic rings. The minimum atomic E-state index is -0.583. The predicted molar refractivity (Wildman–Crippen MR) is 67.6 cm³/mol. The van der Waals surface area contributed by atoms with Gasteiger partial charge in [-0.25, -0.2) is 0 Å². The van der Waals surface area contributed by atoms with Gasteiger partial charge in [-0.3, -0.25) is 24.6 Å². The van der Waals surface area contributed by atoms with E-state index in [2.05, 4.69) is 0 Å². The van der Waals surface area contributed by atoms with Crippen molar-refractivity contribution < 1.29 is 24.0 Å². The lowest BCUT2D eigenvalue weighted by Gasteiger charge is -2.28. The summed E-state index contributed by atoms with van der Waals surface area (Å²) in [4.78, 5) is 34.6. The quantitative estimate of drug-likeness (QED) is 0.461. The van der Waals surface area contributed by atoms with Crippen LogP contribution < -0.4 is 9.64 Å². The Hall–Kier alpha value is -2.64. The Balaban J connectivity index is 2.34. The lowest BCUT2D eigenvalue weighted by molar-refractivity contribution is -0.384. The van der Waals surface area contributed by atoms with Crippen molar-refractivity contribution in [2.45, 2.75) is 6.92 Å². The van der Waals surface area contributed by atoms with E-state index in [0.29, 0.717) is 5.75 Å². The van der Waals surface area contributed by atoms with E-state index in [1.165, 1.54) is 18.2 Å². The number of benzene rings is 1. The number of nitrogens with zero attached hydrogens (tertiary/aromatic N) is 2. The van der Waals surface area contributed by atoms with Crippen molar-refractivity contribution in [3.63, 3.8) is 0 Å². The van der Waals surface area contributed by atoms with Gasteiger partial charge in [0.05, 0.1) is 17.2 Å². The first-order valence-corrected chi connectivity index (χ1v) is 5.90. The third-order valence-corrected chi connectivity index (χ3v) is 2.69. The van der Waals surface area contributed by atoms with Crippen molar-refractivity contribution in [2.24, 2.45) is 0 Å². The molecule has 0 aliphatic carbocycles. The second-order valence-corrected chi connectivity index (χ2v) is 3.98. The molecule has 0 N–H and O–H groups in total. The highest BCUT2D eigenvalue weighted by Gasteiger charge is 2.29. The van der Waals surface area contributed by atoms with Crippen LogP contribution >= 0.6 is 0 Å². The van der Waals surface area contributed by atoms with E-state index in [9.17, 15) is 19.7 Å². The second kappa shape index (κ2) is 5.55. The van der Waals surface area contributed by atoms with Gasteiger partial charge in [-0.2, -0.15) is 0 Å². The van der Waals surface area contributed by atoms with Crippen LogP contribution in [0.2, 0.25) is 0 Å². The number of anilines is 1. The molecule has 20 heavy (non-hydrogen) atoms. The summed E-state index contributed by atoms with van der Waals surface area (Å²) in [6.45, 7) is 1.32. The lowest BCUT2D eigenvalue weighted by Crippen LogP contribution is -2.42. The summed E-state index contributed by atoms with van der Waals surface area (Å²) in [5.41, 5.74) is 0.0133. The standard InChI is InChI=1S/C12H12N2O6/c1-2-19-12(16)6-13-9-5-8(14(17)18)3-4-10(9)20-7-11(13)15/h3-5H,2,6-7H2,1H3. The SMILES string of the molecule is CCOC(=O)CN1C(=O)COc2ccc([N+](=O)[O-])cc21. The van der Waals surface area contributed by atoms with Crippen molar-refractivity contribution in [3.8, 4) is 5.75 Å². The van der Waals surface area contributed by atoms with Crippen LogP contribution in [0.1, 0.15) is 6.92 Å². The molecule has 0 saturated carbocycles. The molecule has 0 radical (unpaired) electrons. The Morgan fingerprint density at radius 3 is 2.95 bits per heavy atom. The number of nitro groups is 1. The predicted octanol–water partition coefficient (Wildman–Crippen LogP) is 0.883. The summed E-state index contributed by atoms with van der Waals surface area (Å²) < 4.78 is 9.95. The molecule has 0 atom stereocenters. The van der Waals surface area contributed by atoms with Gasteiger partial charge >= 0.3 is 5.97 Å². The van der Waals surface area contributed by atoms with E-state index >= 15 is 0 Å². The maximum absolute atomic E-state index is 11.8. The number of carbonyl (C=O) groups is 2. The van der Waals surface area contributed by atoms with Crippen molar-refractivity contribution >= 4 is 23.3 Å². The highest BCUT2D eigenvalue weighted by atomic mass is 16.6.